The summed E-state index contributed by atoms with van der Waals surface area (Å²) in [6.07, 6.45) is 21.2. The molecule has 336 valence electrons. The van der Waals surface area contributed by atoms with Gasteiger partial charge >= 0.3 is 19.8 Å². The Morgan fingerprint density at radius 2 is 0.895 bits per heavy atom. The zero-order chi connectivity index (χ0) is 42.2. The summed E-state index contributed by atoms with van der Waals surface area (Å²) in [5.74, 6) is -1.10. The van der Waals surface area contributed by atoms with E-state index in [0.29, 0.717) is 12.8 Å². The molecule has 0 saturated heterocycles. The van der Waals surface area contributed by atoms with Gasteiger partial charge in [-0.05, 0) is 38.5 Å². The fraction of sp³-hybridized carbons (Fsp3) is 0.907. The molecule has 57 heavy (non-hydrogen) atoms. The summed E-state index contributed by atoms with van der Waals surface area (Å²) in [6, 6.07) is 0. The molecule has 1 saturated carbocycles. The number of allylic oxidation sites excluding steroid dienone is 2. The molecule has 1 aliphatic rings. The molecule has 8 atom stereocenters. The van der Waals surface area contributed by atoms with Crippen LogP contribution in [-0.4, -0.2) is 98.3 Å². The number of ether oxygens (including phenoxy) is 2. The van der Waals surface area contributed by atoms with E-state index in [4.69, 9.17) is 18.5 Å². The maximum absolute atomic E-state index is 12.8. The number of carbonyl (C=O) groups is 2. The van der Waals surface area contributed by atoms with E-state index < -0.39 is 75.7 Å². The maximum atomic E-state index is 12.8. The van der Waals surface area contributed by atoms with Crippen LogP contribution in [-0.2, 0) is 32.7 Å². The molecule has 1 rings (SSSR count). The number of hydrogen-bond donors (Lipinski definition) is 6. The molecule has 6 N–H and O–H groups in total. The summed E-state index contributed by atoms with van der Waals surface area (Å²) in [7, 11) is -5.11. The van der Waals surface area contributed by atoms with Gasteiger partial charge in [0.1, 0.15) is 43.2 Å². The van der Waals surface area contributed by atoms with Gasteiger partial charge in [0.25, 0.3) is 0 Å². The zero-order valence-electron chi connectivity index (χ0n) is 35.4. The van der Waals surface area contributed by atoms with E-state index in [-0.39, 0.29) is 12.8 Å². The lowest BCUT2D eigenvalue weighted by atomic mass is 9.85. The molecule has 0 aromatic rings. The first kappa shape index (κ1) is 53.6. The predicted molar refractivity (Wildman–Crippen MR) is 221 cm³/mol. The highest BCUT2D eigenvalue weighted by molar-refractivity contribution is 7.47. The fourth-order valence-electron chi connectivity index (χ4n) is 6.93. The summed E-state index contributed by atoms with van der Waals surface area (Å²) in [6.45, 7) is 3.28. The third kappa shape index (κ3) is 27.1. The maximum Gasteiger partial charge on any atom is 0.472 e. The van der Waals surface area contributed by atoms with E-state index in [9.17, 15) is 44.6 Å². The lowest BCUT2D eigenvalue weighted by Crippen LogP contribution is -2.64. The second-order valence-electron chi connectivity index (χ2n) is 15.9. The largest absolute Gasteiger partial charge is 0.472 e. The highest BCUT2D eigenvalue weighted by Crippen LogP contribution is 2.47. The number of phosphoric acid groups is 1. The van der Waals surface area contributed by atoms with Gasteiger partial charge < -0.3 is 39.9 Å². The molecule has 1 fully saturated rings. The summed E-state index contributed by atoms with van der Waals surface area (Å²) in [4.78, 5) is 35.6. The third-order valence-electron chi connectivity index (χ3n) is 10.6. The minimum Gasteiger partial charge on any atom is -0.462 e. The van der Waals surface area contributed by atoms with Crippen LogP contribution in [0.25, 0.3) is 0 Å². The van der Waals surface area contributed by atoms with Gasteiger partial charge in [-0.2, -0.15) is 0 Å². The van der Waals surface area contributed by atoms with Gasteiger partial charge in [-0.3, -0.25) is 18.6 Å². The Morgan fingerprint density at radius 1 is 0.526 bits per heavy atom. The van der Waals surface area contributed by atoms with Crippen molar-refractivity contribution in [3.05, 3.63) is 12.2 Å². The molecule has 13 nitrogen and oxygen atoms in total. The van der Waals surface area contributed by atoms with Crippen LogP contribution in [0.5, 0.6) is 0 Å². The molecule has 0 aromatic carbocycles. The number of aliphatic hydroxyl groups excluding tert-OH is 5. The first-order valence-electron chi connectivity index (χ1n) is 22.5. The number of phosphoric ester groups is 1. The smallest absolute Gasteiger partial charge is 0.462 e. The van der Waals surface area contributed by atoms with Crippen LogP contribution < -0.4 is 0 Å². The molecule has 0 spiro atoms. The zero-order valence-corrected chi connectivity index (χ0v) is 36.3. The van der Waals surface area contributed by atoms with Gasteiger partial charge in [0.05, 0.1) is 6.61 Å². The molecule has 0 aliphatic heterocycles. The van der Waals surface area contributed by atoms with E-state index in [1.54, 1.807) is 0 Å². The molecule has 6 unspecified atom stereocenters. The molecule has 0 amide bonds. The number of esters is 2. The SMILES string of the molecule is CCCCCCC/C=C/CCCCCCCC(=O)O[C@H](COC(=O)CCCCCCCCCCCCCCCC)COP(=O)(O)OC1C(O)C(O)C(O)[C@@H](O)C1O. The van der Waals surface area contributed by atoms with Crippen LogP contribution in [0.15, 0.2) is 12.2 Å². The van der Waals surface area contributed by atoms with Gasteiger partial charge in [0.2, 0.25) is 0 Å². The lowest BCUT2D eigenvalue weighted by molar-refractivity contribution is -0.220. The first-order chi connectivity index (χ1) is 27.4. The molecular formula is C43H81O13P. The molecule has 0 bridgehead atoms. The van der Waals surface area contributed by atoms with Crippen molar-refractivity contribution < 1.29 is 63.1 Å². The van der Waals surface area contributed by atoms with Crippen molar-refractivity contribution in [2.75, 3.05) is 13.2 Å². The molecule has 1 aliphatic carbocycles. The Bertz CT molecular complexity index is 1060. The number of hydrogen-bond acceptors (Lipinski definition) is 12. The number of aliphatic hydroxyl groups is 5. The van der Waals surface area contributed by atoms with Crippen LogP contribution in [0.2, 0.25) is 0 Å². The van der Waals surface area contributed by atoms with E-state index in [1.807, 2.05) is 0 Å². The predicted octanol–water partition coefficient (Wildman–Crippen LogP) is 8.28. The van der Waals surface area contributed by atoms with E-state index in [2.05, 4.69) is 26.0 Å². The van der Waals surface area contributed by atoms with Gasteiger partial charge in [-0.1, -0.05) is 154 Å². The summed E-state index contributed by atoms with van der Waals surface area (Å²) in [5.41, 5.74) is 0. The number of unbranched alkanes of at least 4 members (excludes halogenated alkanes) is 23. The minimum atomic E-state index is -5.11. The minimum absolute atomic E-state index is 0.0906. The average Bonchev–Trinajstić information content (AvgIpc) is 3.19. The van der Waals surface area contributed by atoms with E-state index in [1.165, 1.54) is 96.3 Å². The van der Waals surface area contributed by atoms with Crippen LogP contribution >= 0.6 is 7.82 Å². The van der Waals surface area contributed by atoms with Gasteiger partial charge in [-0.15, -0.1) is 0 Å². The number of rotatable bonds is 37. The Balaban J connectivity index is 2.48. The van der Waals surface area contributed by atoms with E-state index >= 15 is 0 Å². The van der Waals surface area contributed by atoms with Crippen molar-refractivity contribution in [2.24, 2.45) is 0 Å². The monoisotopic (exact) mass is 837 g/mol. The van der Waals surface area contributed by atoms with Crippen LogP contribution in [0.4, 0.5) is 0 Å². The second-order valence-corrected chi connectivity index (χ2v) is 17.3. The molecule has 0 radical (unpaired) electrons. The Labute approximate surface area is 343 Å². The lowest BCUT2D eigenvalue weighted by Gasteiger charge is -2.41. The van der Waals surface area contributed by atoms with Crippen molar-refractivity contribution in [1.29, 1.82) is 0 Å². The standard InChI is InChI=1S/C43H81O13P/c1-3-5-7-9-11-13-15-17-19-21-23-25-27-29-31-36(44)53-33-35(34-54-57(51,52)56-43-41(49)39(47)38(46)40(48)42(43)50)55-37(45)32-30-28-26-24-22-20-18-16-14-12-10-8-6-4-2/h16,18,35,38-43,46-50H,3-15,17,19-34H2,1-2H3,(H,51,52)/b18-16+/t35-,38?,39-,40?,41?,42?,43?/m1/s1. The second kappa shape index (κ2) is 34.3. The topological polar surface area (TPSA) is 210 Å². The summed E-state index contributed by atoms with van der Waals surface area (Å²) >= 11 is 0. The van der Waals surface area contributed by atoms with Gasteiger partial charge in [0.15, 0.2) is 6.10 Å². The van der Waals surface area contributed by atoms with Gasteiger partial charge in [0, 0.05) is 12.8 Å². The van der Waals surface area contributed by atoms with Crippen molar-refractivity contribution in [1.82, 2.24) is 0 Å². The van der Waals surface area contributed by atoms with Crippen LogP contribution in [0.3, 0.4) is 0 Å². The Morgan fingerprint density at radius 3 is 1.33 bits per heavy atom. The average molecular weight is 837 g/mol. The highest BCUT2D eigenvalue weighted by atomic mass is 31.2. The normalized spacial score (nSPS) is 22.7. The first-order valence-corrected chi connectivity index (χ1v) is 24.0. The van der Waals surface area contributed by atoms with Crippen LogP contribution in [0.1, 0.15) is 194 Å². The Hall–Kier alpha value is -1.41. The molecule has 14 heteroatoms. The quantitative estimate of drug-likeness (QED) is 0.0151. The van der Waals surface area contributed by atoms with Gasteiger partial charge in [-0.25, -0.2) is 4.57 Å². The molecule has 0 aromatic heterocycles. The summed E-state index contributed by atoms with van der Waals surface area (Å²) in [5, 5.41) is 50.1. The van der Waals surface area contributed by atoms with Crippen LogP contribution in [0, 0.1) is 0 Å². The third-order valence-corrected chi connectivity index (χ3v) is 11.6. The van der Waals surface area contributed by atoms with Crippen molar-refractivity contribution in [2.45, 2.75) is 236 Å². The number of carbonyl (C=O) groups excluding carboxylic acids is 2. The molecule has 0 heterocycles. The van der Waals surface area contributed by atoms with Crippen molar-refractivity contribution in [3.63, 3.8) is 0 Å². The van der Waals surface area contributed by atoms with Crippen molar-refractivity contribution in [3.8, 4) is 0 Å². The Kier molecular flexibility index (Phi) is 32.3. The summed E-state index contributed by atoms with van der Waals surface area (Å²) < 4.78 is 33.5. The fourth-order valence-corrected chi connectivity index (χ4v) is 7.90. The van der Waals surface area contributed by atoms with Crippen molar-refractivity contribution >= 4 is 19.8 Å². The van der Waals surface area contributed by atoms with E-state index in [0.717, 1.165) is 57.8 Å². The highest BCUT2D eigenvalue weighted by Gasteiger charge is 2.51. The molecular weight excluding hydrogens is 755 g/mol.